The van der Waals surface area contributed by atoms with Crippen molar-refractivity contribution in [3.8, 4) is 0 Å². The van der Waals surface area contributed by atoms with E-state index in [0.717, 1.165) is 12.1 Å². The molecule has 0 radical (unpaired) electrons. The topological polar surface area (TPSA) is 89.5 Å². The zero-order valence-corrected chi connectivity index (χ0v) is 13.8. The van der Waals surface area contributed by atoms with E-state index < -0.39 is 31.5 Å². The number of hydrogen-bond donors (Lipinski definition) is 1. The van der Waals surface area contributed by atoms with E-state index in [4.69, 9.17) is 27.0 Å². The minimum absolute atomic E-state index is 0.119. The Hall–Kier alpha value is -1.31. The van der Waals surface area contributed by atoms with Crippen LogP contribution >= 0.6 is 22.3 Å². The summed E-state index contributed by atoms with van der Waals surface area (Å²) in [5.41, 5.74) is -1.15. The Kier molecular flexibility index (Phi) is 5.25. The van der Waals surface area contributed by atoms with Gasteiger partial charge >= 0.3 is 6.09 Å². The zero-order chi connectivity index (χ0) is 16.4. The Morgan fingerprint density at radius 1 is 1.24 bits per heavy atom. The van der Waals surface area contributed by atoms with Gasteiger partial charge in [0.25, 0.3) is 15.0 Å². The van der Waals surface area contributed by atoms with Crippen LogP contribution in [0.5, 0.6) is 0 Å². The van der Waals surface area contributed by atoms with Crippen molar-refractivity contribution >= 4 is 43.3 Å². The van der Waals surface area contributed by atoms with Gasteiger partial charge in [-0.05, 0) is 39.0 Å². The highest BCUT2D eigenvalue weighted by atomic mass is 35.7. The third-order valence-electron chi connectivity index (χ3n) is 2.06. The second kappa shape index (κ2) is 6.21. The molecule has 1 rings (SSSR count). The van der Waals surface area contributed by atoms with Crippen LogP contribution in [0.3, 0.4) is 0 Å². The molecule has 0 unspecified atom stereocenters. The van der Waals surface area contributed by atoms with Crippen LogP contribution in [0, 0.1) is 0 Å². The molecule has 0 aliphatic carbocycles. The molecule has 0 aliphatic rings. The summed E-state index contributed by atoms with van der Waals surface area (Å²) in [6.07, 6.45) is -1.01. The number of hydrogen-bond acceptors (Lipinski definition) is 5. The molecule has 0 heterocycles. The minimum Gasteiger partial charge on any atom is -0.444 e. The molecule has 0 saturated carbocycles. The van der Waals surface area contributed by atoms with Crippen LogP contribution in [0.1, 0.15) is 31.1 Å². The second-order valence-electron chi connectivity index (χ2n) is 5.03. The Labute approximate surface area is 131 Å². The molecule has 0 aromatic heterocycles. The van der Waals surface area contributed by atoms with Crippen molar-refractivity contribution in [2.45, 2.75) is 31.3 Å². The lowest BCUT2D eigenvalue weighted by molar-refractivity contribution is 0.0507. The van der Waals surface area contributed by atoms with Gasteiger partial charge in [0.2, 0.25) is 0 Å². The number of carbonyl (C=O) groups is 2. The van der Waals surface area contributed by atoms with E-state index in [9.17, 15) is 18.0 Å². The standard InChI is InChI=1S/C12H13Cl2NO5S/c1-12(2,3)20-11(17)15-10(16)8-6-7(13)4-5-9(8)21(14,18)19/h4-6H,1-3H3,(H,15,16,17). The molecule has 0 spiro atoms. The molecule has 0 atom stereocenters. The SMILES string of the molecule is CC(C)(C)OC(=O)NC(=O)c1cc(Cl)ccc1S(=O)(=O)Cl. The van der Waals surface area contributed by atoms with Crippen LogP contribution in [0.15, 0.2) is 23.1 Å². The van der Waals surface area contributed by atoms with Crippen molar-refractivity contribution in [3.05, 3.63) is 28.8 Å². The van der Waals surface area contributed by atoms with Crippen LogP contribution in [-0.4, -0.2) is 26.0 Å². The molecule has 1 aromatic rings. The molecule has 0 bridgehead atoms. The van der Waals surface area contributed by atoms with Gasteiger partial charge in [0.05, 0.1) is 10.5 Å². The number of rotatable bonds is 2. The van der Waals surface area contributed by atoms with Gasteiger partial charge in [0.15, 0.2) is 0 Å². The lowest BCUT2D eigenvalue weighted by atomic mass is 10.2. The van der Waals surface area contributed by atoms with Gasteiger partial charge in [-0.25, -0.2) is 13.2 Å². The van der Waals surface area contributed by atoms with Crippen LogP contribution in [0.2, 0.25) is 5.02 Å². The van der Waals surface area contributed by atoms with Crippen molar-refractivity contribution in [2.75, 3.05) is 0 Å². The van der Waals surface area contributed by atoms with Crippen molar-refractivity contribution in [2.24, 2.45) is 0 Å². The predicted molar refractivity (Wildman–Crippen MR) is 78.2 cm³/mol. The van der Waals surface area contributed by atoms with Gasteiger partial charge in [-0.2, -0.15) is 0 Å². The van der Waals surface area contributed by atoms with Crippen LogP contribution in [0.25, 0.3) is 0 Å². The maximum absolute atomic E-state index is 12.0. The largest absolute Gasteiger partial charge is 0.444 e. The van der Waals surface area contributed by atoms with E-state index in [1.807, 2.05) is 5.32 Å². The third-order valence-corrected chi connectivity index (χ3v) is 3.68. The summed E-state index contributed by atoms with van der Waals surface area (Å²) in [6, 6.07) is 3.44. The van der Waals surface area contributed by atoms with Crippen LogP contribution in [-0.2, 0) is 13.8 Å². The van der Waals surface area contributed by atoms with Gasteiger partial charge in [0.1, 0.15) is 5.60 Å². The number of nitrogens with one attached hydrogen (secondary N) is 1. The number of ether oxygens (including phenoxy) is 1. The molecule has 2 amide bonds. The lowest BCUT2D eigenvalue weighted by Gasteiger charge is -2.19. The van der Waals surface area contributed by atoms with E-state index in [1.165, 1.54) is 6.07 Å². The van der Waals surface area contributed by atoms with E-state index in [0.29, 0.717) is 0 Å². The molecular weight excluding hydrogens is 341 g/mol. The summed E-state index contributed by atoms with van der Waals surface area (Å²) in [6.45, 7) is 4.85. The Bertz CT molecular complexity index is 679. The van der Waals surface area contributed by atoms with E-state index >= 15 is 0 Å². The molecule has 1 aromatic carbocycles. The molecule has 6 nitrogen and oxygen atoms in total. The number of amides is 2. The van der Waals surface area contributed by atoms with Gasteiger partial charge < -0.3 is 4.74 Å². The Balaban J connectivity index is 3.08. The fourth-order valence-electron chi connectivity index (χ4n) is 1.36. The summed E-state index contributed by atoms with van der Waals surface area (Å²) in [4.78, 5) is 23.0. The number of imide groups is 1. The number of halogens is 2. The van der Waals surface area contributed by atoms with Crippen molar-refractivity contribution in [3.63, 3.8) is 0 Å². The monoisotopic (exact) mass is 353 g/mol. The zero-order valence-electron chi connectivity index (χ0n) is 11.4. The molecular formula is C12H13Cl2NO5S. The first-order valence-corrected chi connectivity index (χ1v) is 8.37. The summed E-state index contributed by atoms with van der Waals surface area (Å²) in [5, 5.41) is 2.03. The number of alkyl carbamates (subject to hydrolysis) is 1. The average molecular weight is 354 g/mol. The maximum Gasteiger partial charge on any atom is 0.414 e. The highest BCUT2D eigenvalue weighted by Crippen LogP contribution is 2.23. The third kappa shape index (κ3) is 5.53. The van der Waals surface area contributed by atoms with Crippen molar-refractivity contribution in [1.82, 2.24) is 5.32 Å². The minimum atomic E-state index is -4.17. The molecule has 0 aliphatic heterocycles. The van der Waals surface area contributed by atoms with E-state index in [-0.39, 0.29) is 10.6 Å². The Morgan fingerprint density at radius 3 is 2.29 bits per heavy atom. The first-order valence-electron chi connectivity index (χ1n) is 5.69. The normalized spacial score (nSPS) is 11.9. The lowest BCUT2D eigenvalue weighted by Crippen LogP contribution is -2.36. The van der Waals surface area contributed by atoms with Crippen LogP contribution < -0.4 is 5.32 Å². The quantitative estimate of drug-likeness (QED) is 0.825. The molecule has 116 valence electrons. The predicted octanol–water partition coefficient (Wildman–Crippen LogP) is 2.93. The van der Waals surface area contributed by atoms with Crippen molar-refractivity contribution in [1.29, 1.82) is 0 Å². The second-order valence-corrected chi connectivity index (χ2v) is 8.01. The molecule has 0 saturated heterocycles. The summed E-state index contributed by atoms with van der Waals surface area (Å²) in [5.74, 6) is -0.981. The first kappa shape index (κ1) is 17.7. The van der Waals surface area contributed by atoms with Gasteiger partial charge in [-0.1, -0.05) is 11.6 Å². The summed E-state index contributed by atoms with van der Waals surface area (Å²) >= 11 is 5.72. The number of benzene rings is 1. The average Bonchev–Trinajstić information content (AvgIpc) is 2.24. The number of carbonyl (C=O) groups excluding carboxylic acids is 2. The highest BCUT2D eigenvalue weighted by molar-refractivity contribution is 8.13. The highest BCUT2D eigenvalue weighted by Gasteiger charge is 2.24. The molecule has 9 heteroatoms. The van der Waals surface area contributed by atoms with Gasteiger partial charge in [-0.3, -0.25) is 10.1 Å². The van der Waals surface area contributed by atoms with Crippen LogP contribution in [0.4, 0.5) is 4.79 Å². The molecule has 1 N–H and O–H groups in total. The van der Waals surface area contributed by atoms with Gasteiger partial charge in [-0.15, -0.1) is 0 Å². The fourth-order valence-corrected chi connectivity index (χ4v) is 2.58. The summed E-state index contributed by atoms with van der Waals surface area (Å²) < 4.78 is 27.7. The summed E-state index contributed by atoms with van der Waals surface area (Å²) in [7, 11) is 1.07. The van der Waals surface area contributed by atoms with E-state index in [1.54, 1.807) is 20.8 Å². The molecule has 21 heavy (non-hydrogen) atoms. The van der Waals surface area contributed by atoms with Crippen molar-refractivity contribution < 1.29 is 22.7 Å². The first-order chi connectivity index (χ1) is 9.40. The molecule has 0 fully saturated rings. The Morgan fingerprint density at radius 2 is 1.81 bits per heavy atom. The smallest absolute Gasteiger partial charge is 0.414 e. The van der Waals surface area contributed by atoms with E-state index in [2.05, 4.69) is 0 Å². The van der Waals surface area contributed by atoms with Gasteiger partial charge in [0, 0.05) is 15.7 Å². The maximum atomic E-state index is 12.0. The fraction of sp³-hybridized carbons (Fsp3) is 0.333.